The normalized spacial score (nSPS) is 19.4. The molecule has 1 N–H and O–H groups in total. The summed E-state index contributed by atoms with van der Waals surface area (Å²) in [6.07, 6.45) is 2.10. The second-order valence-electron chi connectivity index (χ2n) is 4.02. The monoisotopic (exact) mass is 240 g/mol. The van der Waals surface area contributed by atoms with Crippen molar-refractivity contribution in [3.8, 4) is 0 Å². The summed E-state index contributed by atoms with van der Waals surface area (Å²) in [5, 5.41) is 2.97. The van der Waals surface area contributed by atoms with E-state index in [1.807, 2.05) is 18.9 Å². The van der Waals surface area contributed by atoms with E-state index < -0.39 is 5.82 Å². The SMILES string of the molecule is CCNc1ncc(F)c(N(C)C2CCOC2)n1. The smallest absolute Gasteiger partial charge is 0.224 e. The van der Waals surface area contributed by atoms with Crippen molar-refractivity contribution >= 4 is 11.8 Å². The van der Waals surface area contributed by atoms with Crippen LogP contribution in [-0.2, 0) is 4.74 Å². The highest BCUT2D eigenvalue weighted by Gasteiger charge is 2.23. The Morgan fingerprint density at radius 2 is 2.47 bits per heavy atom. The zero-order valence-corrected chi connectivity index (χ0v) is 10.1. The average Bonchev–Trinajstić information content (AvgIpc) is 2.85. The maximum absolute atomic E-state index is 13.7. The molecule has 0 bridgehead atoms. The molecular formula is C11H17FN4O. The molecule has 1 aliphatic rings. The highest BCUT2D eigenvalue weighted by Crippen LogP contribution is 2.21. The Morgan fingerprint density at radius 3 is 3.12 bits per heavy atom. The van der Waals surface area contributed by atoms with Gasteiger partial charge >= 0.3 is 0 Å². The van der Waals surface area contributed by atoms with Gasteiger partial charge in [-0.1, -0.05) is 0 Å². The Bertz CT molecular complexity index is 382. The van der Waals surface area contributed by atoms with Crippen molar-refractivity contribution in [2.75, 3.05) is 37.0 Å². The van der Waals surface area contributed by atoms with Crippen molar-refractivity contribution in [3.05, 3.63) is 12.0 Å². The number of halogens is 1. The quantitative estimate of drug-likeness (QED) is 0.859. The second kappa shape index (κ2) is 5.27. The Balaban J connectivity index is 2.19. The molecule has 1 aliphatic heterocycles. The summed E-state index contributed by atoms with van der Waals surface area (Å²) in [5.41, 5.74) is 0. The van der Waals surface area contributed by atoms with E-state index >= 15 is 0 Å². The molecule has 0 aliphatic carbocycles. The van der Waals surface area contributed by atoms with Gasteiger partial charge in [0.1, 0.15) is 0 Å². The first-order valence-electron chi connectivity index (χ1n) is 5.79. The van der Waals surface area contributed by atoms with E-state index in [0.29, 0.717) is 24.9 Å². The Morgan fingerprint density at radius 1 is 1.65 bits per heavy atom. The van der Waals surface area contributed by atoms with Crippen LogP contribution in [0, 0.1) is 5.82 Å². The Hall–Kier alpha value is -1.43. The maximum Gasteiger partial charge on any atom is 0.224 e. The van der Waals surface area contributed by atoms with E-state index in [9.17, 15) is 4.39 Å². The second-order valence-corrected chi connectivity index (χ2v) is 4.02. The molecule has 0 saturated carbocycles. The molecule has 0 aromatic carbocycles. The summed E-state index contributed by atoms with van der Waals surface area (Å²) in [7, 11) is 1.83. The zero-order valence-electron chi connectivity index (χ0n) is 10.1. The third-order valence-electron chi connectivity index (χ3n) is 2.85. The van der Waals surface area contributed by atoms with Gasteiger partial charge in [0, 0.05) is 20.2 Å². The summed E-state index contributed by atoms with van der Waals surface area (Å²) in [6, 6.07) is 0.189. The van der Waals surface area contributed by atoms with Crippen LogP contribution in [0.5, 0.6) is 0 Å². The number of hydrogen-bond acceptors (Lipinski definition) is 5. The van der Waals surface area contributed by atoms with Crippen LogP contribution in [-0.4, -0.2) is 42.8 Å². The van der Waals surface area contributed by atoms with Gasteiger partial charge < -0.3 is 15.0 Å². The van der Waals surface area contributed by atoms with Crippen LogP contribution in [0.15, 0.2) is 6.20 Å². The number of anilines is 2. The molecule has 2 rings (SSSR count). The fraction of sp³-hybridized carbons (Fsp3) is 0.636. The van der Waals surface area contributed by atoms with Crippen molar-refractivity contribution in [3.63, 3.8) is 0 Å². The van der Waals surface area contributed by atoms with Gasteiger partial charge in [0.05, 0.1) is 18.8 Å². The largest absolute Gasteiger partial charge is 0.379 e. The molecule has 2 heterocycles. The Labute approximate surface area is 100 Å². The molecule has 1 aromatic rings. The standard InChI is InChI=1S/C11H17FN4O/c1-3-13-11-14-6-9(12)10(15-11)16(2)8-4-5-17-7-8/h6,8H,3-5,7H2,1-2H3,(H,13,14,15). The fourth-order valence-electron chi connectivity index (χ4n) is 1.85. The number of nitrogens with zero attached hydrogens (tertiary/aromatic N) is 3. The number of ether oxygens (including phenoxy) is 1. The van der Waals surface area contributed by atoms with E-state index in [1.165, 1.54) is 6.20 Å². The lowest BCUT2D eigenvalue weighted by molar-refractivity contribution is 0.193. The topological polar surface area (TPSA) is 50.3 Å². The van der Waals surface area contributed by atoms with E-state index in [4.69, 9.17) is 4.74 Å². The van der Waals surface area contributed by atoms with Crippen LogP contribution in [0.1, 0.15) is 13.3 Å². The van der Waals surface area contributed by atoms with Crippen molar-refractivity contribution < 1.29 is 9.13 Å². The highest BCUT2D eigenvalue weighted by molar-refractivity contribution is 5.44. The van der Waals surface area contributed by atoms with E-state index in [-0.39, 0.29) is 6.04 Å². The van der Waals surface area contributed by atoms with Gasteiger partial charge in [-0.25, -0.2) is 9.37 Å². The van der Waals surface area contributed by atoms with Crippen LogP contribution in [0.4, 0.5) is 16.2 Å². The maximum atomic E-state index is 13.7. The van der Waals surface area contributed by atoms with Crippen LogP contribution in [0.25, 0.3) is 0 Å². The lowest BCUT2D eigenvalue weighted by Gasteiger charge is -2.24. The molecule has 1 saturated heterocycles. The average molecular weight is 240 g/mol. The van der Waals surface area contributed by atoms with Crippen LogP contribution < -0.4 is 10.2 Å². The van der Waals surface area contributed by atoms with Gasteiger partial charge in [-0.3, -0.25) is 0 Å². The fourth-order valence-corrected chi connectivity index (χ4v) is 1.85. The molecule has 0 amide bonds. The Kier molecular flexibility index (Phi) is 3.73. The number of rotatable bonds is 4. The van der Waals surface area contributed by atoms with Gasteiger partial charge in [0.2, 0.25) is 5.95 Å². The van der Waals surface area contributed by atoms with Gasteiger partial charge in [0.15, 0.2) is 11.6 Å². The summed E-state index contributed by atoms with van der Waals surface area (Å²) in [4.78, 5) is 9.89. The molecule has 1 atom stereocenters. The molecule has 17 heavy (non-hydrogen) atoms. The molecule has 5 nitrogen and oxygen atoms in total. The molecule has 1 fully saturated rings. The molecule has 94 valence electrons. The van der Waals surface area contributed by atoms with Crippen molar-refractivity contribution in [2.24, 2.45) is 0 Å². The third-order valence-corrected chi connectivity index (χ3v) is 2.85. The molecule has 6 heteroatoms. The van der Waals surface area contributed by atoms with Gasteiger partial charge in [-0.15, -0.1) is 0 Å². The molecule has 1 aromatic heterocycles. The predicted molar refractivity (Wildman–Crippen MR) is 63.8 cm³/mol. The van der Waals surface area contributed by atoms with Gasteiger partial charge in [0.25, 0.3) is 0 Å². The lowest BCUT2D eigenvalue weighted by atomic mass is 10.2. The zero-order chi connectivity index (χ0) is 12.3. The first-order chi connectivity index (χ1) is 8.22. The van der Waals surface area contributed by atoms with Crippen LogP contribution in [0.2, 0.25) is 0 Å². The van der Waals surface area contributed by atoms with Crippen molar-refractivity contribution in [1.82, 2.24) is 9.97 Å². The van der Waals surface area contributed by atoms with E-state index in [0.717, 1.165) is 13.0 Å². The van der Waals surface area contributed by atoms with Gasteiger partial charge in [-0.05, 0) is 13.3 Å². The predicted octanol–water partition coefficient (Wildman–Crippen LogP) is 1.27. The summed E-state index contributed by atoms with van der Waals surface area (Å²) in [6.45, 7) is 4.00. The van der Waals surface area contributed by atoms with Crippen molar-refractivity contribution in [2.45, 2.75) is 19.4 Å². The van der Waals surface area contributed by atoms with Gasteiger partial charge in [-0.2, -0.15) is 4.98 Å². The minimum absolute atomic E-state index is 0.189. The number of hydrogen-bond donors (Lipinski definition) is 1. The minimum atomic E-state index is -0.402. The highest BCUT2D eigenvalue weighted by atomic mass is 19.1. The van der Waals surface area contributed by atoms with E-state index in [2.05, 4.69) is 15.3 Å². The number of aromatic nitrogens is 2. The van der Waals surface area contributed by atoms with E-state index in [1.54, 1.807) is 0 Å². The summed E-state index contributed by atoms with van der Waals surface area (Å²) < 4.78 is 19.0. The molecular weight excluding hydrogens is 223 g/mol. The number of nitrogens with one attached hydrogen (secondary N) is 1. The number of likely N-dealkylation sites (N-methyl/N-ethyl adjacent to an activating group) is 1. The summed E-state index contributed by atoms with van der Waals surface area (Å²) >= 11 is 0. The van der Waals surface area contributed by atoms with Crippen molar-refractivity contribution in [1.29, 1.82) is 0 Å². The molecule has 1 unspecified atom stereocenters. The van der Waals surface area contributed by atoms with Crippen LogP contribution >= 0.6 is 0 Å². The third kappa shape index (κ3) is 2.63. The summed E-state index contributed by atoms with van der Waals surface area (Å²) in [5.74, 6) is 0.377. The molecule has 0 radical (unpaired) electrons. The molecule has 0 spiro atoms. The first-order valence-corrected chi connectivity index (χ1v) is 5.79. The first kappa shape index (κ1) is 12.0. The lowest BCUT2D eigenvalue weighted by Crippen LogP contribution is -2.33. The minimum Gasteiger partial charge on any atom is -0.379 e. The van der Waals surface area contributed by atoms with Crippen LogP contribution in [0.3, 0.4) is 0 Å².